The van der Waals surface area contributed by atoms with Crippen LogP contribution in [-0.4, -0.2) is 59.1 Å². The zero-order valence-corrected chi connectivity index (χ0v) is 20.9. The monoisotopic (exact) mass is 470 g/mol. The number of nitrogens with zero attached hydrogens (tertiary/aromatic N) is 1. The van der Waals surface area contributed by atoms with Gasteiger partial charge in [-0.1, -0.05) is 51.1 Å². The van der Waals surface area contributed by atoms with E-state index in [1.54, 1.807) is 0 Å². The molecule has 7 nitrogen and oxygen atoms in total. The standard InChI is InChI=1S/C27H38N2O5/c1-19(30)34-18-23(31)27(25(33)21-14-15-22(28-21)26(2,3)4)16-9-17-29(27)24(32)13-8-12-20-10-6-5-7-11-20/h5-7,10-11,21-22,28H,8-9,12-18H2,1-4H3/t21-,22?,27?/m0/s1. The Morgan fingerprint density at radius 1 is 1.12 bits per heavy atom. The quantitative estimate of drug-likeness (QED) is 0.440. The minimum absolute atomic E-state index is 0.0213. The van der Waals surface area contributed by atoms with Crippen molar-refractivity contribution in [3.8, 4) is 0 Å². The van der Waals surface area contributed by atoms with Gasteiger partial charge < -0.3 is 15.0 Å². The predicted molar refractivity (Wildman–Crippen MR) is 129 cm³/mol. The first-order valence-corrected chi connectivity index (χ1v) is 12.4. The molecule has 1 amide bonds. The SMILES string of the molecule is CC(=O)OCC(=O)C1(C(=O)[C@@H]2CCC(C(C)(C)C)N2)CCCN1C(=O)CCCc1ccccc1. The number of esters is 1. The maximum Gasteiger partial charge on any atom is 0.303 e. The van der Waals surface area contributed by atoms with Crippen LogP contribution in [0.5, 0.6) is 0 Å². The fourth-order valence-electron chi connectivity index (χ4n) is 5.27. The fourth-order valence-corrected chi connectivity index (χ4v) is 5.27. The largest absolute Gasteiger partial charge is 0.458 e. The third-order valence-corrected chi connectivity index (χ3v) is 7.16. The summed E-state index contributed by atoms with van der Waals surface area (Å²) in [5.41, 5.74) is -0.440. The van der Waals surface area contributed by atoms with Gasteiger partial charge in [0.05, 0.1) is 6.04 Å². The molecule has 3 atom stereocenters. The van der Waals surface area contributed by atoms with Crippen LogP contribution in [0.4, 0.5) is 0 Å². The Labute approximate surface area is 202 Å². The normalized spacial score (nSPS) is 24.8. The van der Waals surface area contributed by atoms with Crippen molar-refractivity contribution in [2.75, 3.05) is 13.2 Å². The van der Waals surface area contributed by atoms with Crippen LogP contribution in [0.25, 0.3) is 0 Å². The number of benzene rings is 1. The van der Waals surface area contributed by atoms with Gasteiger partial charge in [0.15, 0.2) is 17.9 Å². The molecular formula is C27H38N2O5. The van der Waals surface area contributed by atoms with Crippen molar-refractivity contribution in [2.24, 2.45) is 5.41 Å². The van der Waals surface area contributed by atoms with E-state index in [9.17, 15) is 19.2 Å². The molecule has 0 aliphatic carbocycles. The van der Waals surface area contributed by atoms with Gasteiger partial charge in [-0.15, -0.1) is 0 Å². The molecule has 2 fully saturated rings. The molecule has 2 unspecified atom stereocenters. The number of hydrogen-bond donors (Lipinski definition) is 1. The highest BCUT2D eigenvalue weighted by atomic mass is 16.5. The first-order valence-electron chi connectivity index (χ1n) is 12.4. The van der Waals surface area contributed by atoms with Crippen molar-refractivity contribution in [2.45, 2.75) is 90.3 Å². The number of nitrogens with one attached hydrogen (secondary N) is 1. The lowest BCUT2D eigenvalue weighted by Gasteiger charge is -2.38. The van der Waals surface area contributed by atoms with Crippen molar-refractivity contribution < 1.29 is 23.9 Å². The number of carbonyl (C=O) groups excluding carboxylic acids is 4. The molecule has 0 bridgehead atoms. The van der Waals surface area contributed by atoms with Crippen LogP contribution in [0.3, 0.4) is 0 Å². The Kier molecular flexibility index (Phi) is 8.29. The maximum atomic E-state index is 13.9. The number of aryl methyl sites for hydroxylation is 1. The first-order chi connectivity index (χ1) is 16.1. The topological polar surface area (TPSA) is 92.8 Å². The number of ketones is 2. The van der Waals surface area contributed by atoms with Crippen molar-refractivity contribution >= 4 is 23.4 Å². The molecule has 2 aliphatic heterocycles. The Morgan fingerprint density at radius 2 is 1.82 bits per heavy atom. The molecule has 1 aromatic carbocycles. The third kappa shape index (κ3) is 5.74. The smallest absolute Gasteiger partial charge is 0.303 e. The number of hydrogen-bond acceptors (Lipinski definition) is 6. The third-order valence-electron chi connectivity index (χ3n) is 7.16. The highest BCUT2D eigenvalue weighted by Gasteiger charge is 2.57. The maximum absolute atomic E-state index is 13.9. The average molecular weight is 471 g/mol. The molecule has 1 N–H and O–H groups in total. The number of carbonyl (C=O) groups is 4. The van der Waals surface area contributed by atoms with Gasteiger partial charge in [-0.05, 0) is 49.5 Å². The Balaban J connectivity index is 1.79. The summed E-state index contributed by atoms with van der Waals surface area (Å²) in [6.45, 7) is 7.46. The van der Waals surface area contributed by atoms with Crippen LogP contribution in [0.1, 0.15) is 71.8 Å². The molecule has 0 radical (unpaired) electrons. The lowest BCUT2D eigenvalue weighted by Crippen LogP contribution is -2.64. The highest BCUT2D eigenvalue weighted by Crippen LogP contribution is 2.37. The molecule has 186 valence electrons. The molecular weight excluding hydrogens is 432 g/mol. The van der Waals surface area contributed by atoms with E-state index in [0.717, 1.165) is 18.4 Å². The molecule has 2 aliphatic rings. The summed E-state index contributed by atoms with van der Waals surface area (Å²) >= 11 is 0. The van der Waals surface area contributed by atoms with E-state index >= 15 is 0 Å². The summed E-state index contributed by atoms with van der Waals surface area (Å²) in [5.74, 6) is -1.53. The zero-order valence-electron chi connectivity index (χ0n) is 20.9. The van der Waals surface area contributed by atoms with Gasteiger partial charge in [-0.2, -0.15) is 0 Å². The van der Waals surface area contributed by atoms with Crippen molar-refractivity contribution in [3.05, 3.63) is 35.9 Å². The van der Waals surface area contributed by atoms with Gasteiger partial charge in [0.1, 0.15) is 0 Å². The van der Waals surface area contributed by atoms with Gasteiger partial charge in [-0.3, -0.25) is 19.2 Å². The molecule has 0 aromatic heterocycles. The number of likely N-dealkylation sites (tertiary alicyclic amines) is 1. The van der Waals surface area contributed by atoms with Crippen molar-refractivity contribution in [1.82, 2.24) is 10.2 Å². The van der Waals surface area contributed by atoms with Gasteiger partial charge in [0, 0.05) is 25.9 Å². The fraction of sp³-hybridized carbons (Fsp3) is 0.630. The lowest BCUT2D eigenvalue weighted by atomic mass is 9.82. The average Bonchev–Trinajstić information content (AvgIpc) is 3.46. The van der Waals surface area contributed by atoms with Crippen LogP contribution in [0, 0.1) is 5.41 Å². The Morgan fingerprint density at radius 3 is 2.44 bits per heavy atom. The van der Waals surface area contributed by atoms with Gasteiger partial charge in [-0.25, -0.2) is 0 Å². The van der Waals surface area contributed by atoms with Gasteiger partial charge >= 0.3 is 5.97 Å². The second-order valence-electron chi connectivity index (χ2n) is 10.6. The molecule has 7 heteroatoms. The second kappa shape index (κ2) is 10.8. The predicted octanol–water partition coefficient (Wildman–Crippen LogP) is 3.24. The highest BCUT2D eigenvalue weighted by molar-refractivity contribution is 6.16. The summed E-state index contributed by atoms with van der Waals surface area (Å²) in [7, 11) is 0. The summed E-state index contributed by atoms with van der Waals surface area (Å²) in [6, 6.07) is 9.59. The Hall–Kier alpha value is -2.54. The van der Waals surface area contributed by atoms with E-state index in [1.165, 1.54) is 11.8 Å². The van der Waals surface area contributed by atoms with Crippen LogP contribution < -0.4 is 5.32 Å². The number of Topliss-reactive ketones (excluding diaryl/α,β-unsaturated/α-hetero) is 2. The molecule has 0 spiro atoms. The van der Waals surface area contributed by atoms with Gasteiger partial charge in [0.2, 0.25) is 11.7 Å². The van der Waals surface area contributed by atoms with Crippen LogP contribution in [-0.2, 0) is 30.3 Å². The van der Waals surface area contributed by atoms with E-state index in [2.05, 4.69) is 26.1 Å². The van der Waals surface area contributed by atoms with Crippen LogP contribution >= 0.6 is 0 Å². The molecule has 34 heavy (non-hydrogen) atoms. The van der Waals surface area contributed by atoms with E-state index in [4.69, 9.17) is 4.74 Å². The van der Waals surface area contributed by atoms with E-state index < -0.39 is 29.9 Å². The molecule has 3 rings (SSSR count). The summed E-state index contributed by atoms with van der Waals surface area (Å²) in [5, 5.41) is 3.43. The van der Waals surface area contributed by atoms with E-state index in [0.29, 0.717) is 25.8 Å². The number of amides is 1. The first kappa shape index (κ1) is 26.1. The van der Waals surface area contributed by atoms with Gasteiger partial charge in [0.25, 0.3) is 0 Å². The molecule has 2 saturated heterocycles. The van der Waals surface area contributed by atoms with Crippen LogP contribution in [0.15, 0.2) is 30.3 Å². The van der Waals surface area contributed by atoms with E-state index in [-0.39, 0.29) is 36.0 Å². The van der Waals surface area contributed by atoms with Crippen molar-refractivity contribution in [1.29, 1.82) is 0 Å². The number of rotatable bonds is 9. The molecule has 0 saturated carbocycles. The van der Waals surface area contributed by atoms with Crippen molar-refractivity contribution in [3.63, 3.8) is 0 Å². The minimum Gasteiger partial charge on any atom is -0.458 e. The molecule has 1 aromatic rings. The van der Waals surface area contributed by atoms with E-state index in [1.807, 2.05) is 30.3 Å². The minimum atomic E-state index is -1.57. The Bertz CT molecular complexity index is 907. The summed E-state index contributed by atoms with van der Waals surface area (Å²) < 4.78 is 5.00. The molecule has 2 heterocycles. The zero-order chi connectivity index (χ0) is 24.9. The second-order valence-corrected chi connectivity index (χ2v) is 10.6. The number of ether oxygens (including phenoxy) is 1. The summed E-state index contributed by atoms with van der Waals surface area (Å²) in [6.07, 6.45) is 3.94. The van der Waals surface area contributed by atoms with Crippen LogP contribution in [0.2, 0.25) is 0 Å². The summed E-state index contributed by atoms with van der Waals surface area (Å²) in [4.78, 5) is 53.6. The lowest BCUT2D eigenvalue weighted by molar-refractivity contribution is -0.157.